The fraction of sp³-hybridized carbons (Fsp3) is 0.222. The zero-order valence-electron chi connectivity index (χ0n) is 21.4. The van der Waals surface area contributed by atoms with Crippen molar-refractivity contribution in [3.05, 3.63) is 71.8 Å². The number of esters is 1. The minimum atomic E-state index is -4.04. The molecule has 3 rings (SSSR count). The van der Waals surface area contributed by atoms with E-state index in [1.807, 2.05) is 6.92 Å². The lowest BCUT2D eigenvalue weighted by atomic mass is 10.0. The molecule has 0 spiro atoms. The molecule has 0 bridgehead atoms. The molecular weight excluding hydrogens is 508 g/mol. The van der Waals surface area contributed by atoms with Crippen molar-refractivity contribution in [2.45, 2.75) is 25.2 Å². The monoisotopic (exact) mass is 538 g/mol. The van der Waals surface area contributed by atoms with E-state index in [0.717, 1.165) is 11.6 Å². The number of nitrogens with zero attached hydrogens (tertiary/aromatic N) is 3. The van der Waals surface area contributed by atoms with E-state index in [4.69, 9.17) is 4.74 Å². The normalized spacial score (nSPS) is 11.6. The number of rotatable bonds is 10. The molecule has 0 aromatic heterocycles. The Hall–Kier alpha value is -4.38. The van der Waals surface area contributed by atoms with Gasteiger partial charge in [-0.25, -0.2) is 13.2 Å². The van der Waals surface area contributed by atoms with Crippen LogP contribution >= 0.6 is 0 Å². The van der Waals surface area contributed by atoms with Gasteiger partial charge in [-0.05, 0) is 55.8 Å². The molecule has 0 fully saturated rings. The van der Waals surface area contributed by atoms with Gasteiger partial charge in [0, 0.05) is 38.4 Å². The third-order valence-corrected chi connectivity index (χ3v) is 7.01. The number of aliphatic imine (C=N–C) groups is 1. The van der Waals surface area contributed by atoms with Crippen LogP contribution in [-0.4, -0.2) is 62.4 Å². The van der Waals surface area contributed by atoms with Gasteiger partial charge in [0.15, 0.2) is 0 Å². The van der Waals surface area contributed by atoms with Gasteiger partial charge in [0.05, 0.1) is 17.2 Å². The number of phenols is 2. The van der Waals surface area contributed by atoms with Gasteiger partial charge >= 0.3 is 5.97 Å². The number of phenolic OH excluding ortho intramolecular Hbond substituents is 2. The Kier molecular flexibility index (Phi) is 9.08. The van der Waals surface area contributed by atoms with E-state index >= 15 is 0 Å². The first-order chi connectivity index (χ1) is 18.0. The summed E-state index contributed by atoms with van der Waals surface area (Å²) in [7, 11) is -2.32. The number of hydrazone groups is 1. The molecule has 0 unspecified atom stereocenters. The Labute approximate surface area is 222 Å². The fourth-order valence-corrected chi connectivity index (χ4v) is 4.54. The van der Waals surface area contributed by atoms with E-state index in [0.29, 0.717) is 29.9 Å². The number of ether oxygens (including phenoxy) is 1. The van der Waals surface area contributed by atoms with Crippen molar-refractivity contribution in [3.63, 3.8) is 0 Å². The van der Waals surface area contributed by atoms with Gasteiger partial charge in [-0.15, -0.1) is 0 Å². The summed E-state index contributed by atoms with van der Waals surface area (Å²) in [6.45, 7) is 7.55. The molecule has 200 valence electrons. The number of benzene rings is 3. The number of amidine groups is 1. The molecule has 10 nitrogen and oxygen atoms in total. The van der Waals surface area contributed by atoms with Crippen LogP contribution in [0.1, 0.15) is 29.3 Å². The summed E-state index contributed by atoms with van der Waals surface area (Å²) >= 11 is 0. The smallest absolute Gasteiger partial charge is 0.341 e. The second-order valence-corrected chi connectivity index (χ2v) is 10.2. The second-order valence-electron chi connectivity index (χ2n) is 8.47. The third-order valence-electron chi connectivity index (χ3n) is 5.63. The van der Waals surface area contributed by atoms with Crippen LogP contribution in [0.5, 0.6) is 11.5 Å². The predicted octanol–water partition coefficient (Wildman–Crippen LogP) is 4.39. The highest BCUT2D eigenvalue weighted by molar-refractivity contribution is 7.92. The number of carbonyl (C=O) groups excluding carboxylic acids is 1. The number of hydrogen-bond donors (Lipinski definition) is 3. The highest BCUT2D eigenvalue weighted by Gasteiger charge is 2.19. The molecule has 0 aliphatic heterocycles. The van der Waals surface area contributed by atoms with E-state index in [9.17, 15) is 23.4 Å². The Morgan fingerprint density at radius 3 is 2.55 bits per heavy atom. The summed E-state index contributed by atoms with van der Waals surface area (Å²) in [5, 5.41) is 25.8. The number of aromatic hydroxyl groups is 2. The lowest BCUT2D eigenvalue weighted by Gasteiger charge is -2.12. The molecule has 3 aromatic carbocycles. The summed E-state index contributed by atoms with van der Waals surface area (Å²) in [6, 6.07) is 15.0. The van der Waals surface area contributed by atoms with Gasteiger partial charge in [-0.1, -0.05) is 23.8 Å². The third kappa shape index (κ3) is 7.10. The van der Waals surface area contributed by atoms with Gasteiger partial charge in [0.1, 0.15) is 22.9 Å². The molecule has 0 atom stereocenters. The number of nitrogens with one attached hydrogen (secondary N) is 1. The molecule has 3 N–H and O–H groups in total. The van der Waals surface area contributed by atoms with Crippen molar-refractivity contribution >= 4 is 34.2 Å². The molecule has 0 radical (unpaired) electrons. The van der Waals surface area contributed by atoms with E-state index in [-0.39, 0.29) is 28.5 Å². The SMILES string of the molecule is C=NN(C)C(C)=NCCCOC(=O)c1ccc(NS(=O)(=O)c2cccc(-c3cc(C)ccc3O)c2)cc1O. The van der Waals surface area contributed by atoms with Gasteiger partial charge in [-0.3, -0.25) is 14.7 Å². The standard InChI is InChI=1S/C27H30N4O6S/c1-18-9-12-25(32)24(15-18)20-7-5-8-22(16-20)38(35,36)30-21-10-11-23(26(33)17-21)27(34)37-14-6-13-29-19(2)31(4)28-3/h5,7-12,15-17,30,32-33H,3,6,13-14H2,1-2,4H3. The maximum absolute atomic E-state index is 13.0. The molecule has 0 heterocycles. The highest BCUT2D eigenvalue weighted by Crippen LogP contribution is 2.32. The van der Waals surface area contributed by atoms with E-state index in [1.165, 1.54) is 29.3 Å². The Bertz CT molecular complexity index is 1470. The first-order valence-electron chi connectivity index (χ1n) is 11.7. The lowest BCUT2D eigenvalue weighted by Crippen LogP contribution is -2.17. The molecule has 3 aromatic rings. The predicted molar refractivity (Wildman–Crippen MR) is 147 cm³/mol. The van der Waals surface area contributed by atoms with Crippen LogP contribution < -0.4 is 4.72 Å². The average molecular weight is 539 g/mol. The molecule has 38 heavy (non-hydrogen) atoms. The lowest BCUT2D eigenvalue weighted by molar-refractivity contribution is 0.0499. The molecule has 0 saturated carbocycles. The first-order valence-corrected chi connectivity index (χ1v) is 13.1. The summed E-state index contributed by atoms with van der Waals surface area (Å²) in [4.78, 5) is 16.6. The minimum Gasteiger partial charge on any atom is -0.507 e. The second kappa shape index (κ2) is 12.2. The van der Waals surface area contributed by atoms with Crippen LogP contribution in [0.25, 0.3) is 11.1 Å². The van der Waals surface area contributed by atoms with Gasteiger partial charge in [-0.2, -0.15) is 5.10 Å². The zero-order valence-corrected chi connectivity index (χ0v) is 22.2. The zero-order chi connectivity index (χ0) is 27.9. The molecular formula is C27H30N4O6S. The number of anilines is 1. The maximum atomic E-state index is 13.0. The Morgan fingerprint density at radius 1 is 1.08 bits per heavy atom. The van der Waals surface area contributed by atoms with E-state index < -0.39 is 21.7 Å². The molecule has 0 saturated heterocycles. The largest absolute Gasteiger partial charge is 0.507 e. The summed E-state index contributed by atoms with van der Waals surface area (Å²) in [6.07, 6.45) is 0.464. The van der Waals surface area contributed by atoms with E-state index in [2.05, 4.69) is 21.5 Å². The fourth-order valence-electron chi connectivity index (χ4n) is 3.45. The van der Waals surface area contributed by atoms with Crippen molar-refractivity contribution in [3.8, 4) is 22.6 Å². The molecule has 0 aliphatic carbocycles. The first kappa shape index (κ1) is 28.2. The van der Waals surface area contributed by atoms with Crippen LogP contribution in [0.15, 0.2) is 75.7 Å². The summed E-state index contributed by atoms with van der Waals surface area (Å²) < 4.78 is 33.6. The van der Waals surface area contributed by atoms with Crippen molar-refractivity contribution in [2.24, 2.45) is 10.1 Å². The van der Waals surface area contributed by atoms with Gasteiger partial charge in [0.25, 0.3) is 10.0 Å². The quantitative estimate of drug-likeness (QED) is 0.114. The van der Waals surface area contributed by atoms with Gasteiger partial charge in [0.2, 0.25) is 0 Å². The van der Waals surface area contributed by atoms with Crippen LogP contribution in [0.4, 0.5) is 5.69 Å². The van der Waals surface area contributed by atoms with Crippen molar-refractivity contribution < 1.29 is 28.2 Å². The minimum absolute atomic E-state index is 0.0333. The number of sulfonamides is 1. The number of carbonyl (C=O) groups is 1. The maximum Gasteiger partial charge on any atom is 0.341 e. The summed E-state index contributed by atoms with van der Waals surface area (Å²) in [5.41, 5.74) is 1.91. The van der Waals surface area contributed by atoms with Crippen LogP contribution in [0.3, 0.4) is 0 Å². The molecule has 11 heteroatoms. The Morgan fingerprint density at radius 2 is 1.84 bits per heavy atom. The highest BCUT2D eigenvalue weighted by atomic mass is 32.2. The Balaban J connectivity index is 1.66. The van der Waals surface area contributed by atoms with Crippen LogP contribution in [0.2, 0.25) is 0 Å². The van der Waals surface area contributed by atoms with Crippen LogP contribution in [0, 0.1) is 6.92 Å². The van der Waals surface area contributed by atoms with Crippen LogP contribution in [-0.2, 0) is 14.8 Å². The van der Waals surface area contributed by atoms with Crippen molar-refractivity contribution in [2.75, 3.05) is 24.9 Å². The molecule has 0 amide bonds. The summed E-state index contributed by atoms with van der Waals surface area (Å²) in [5.74, 6) is -0.470. The number of hydrogen-bond acceptors (Lipinski definition) is 8. The van der Waals surface area contributed by atoms with Gasteiger partial charge < -0.3 is 14.9 Å². The van der Waals surface area contributed by atoms with E-state index in [1.54, 1.807) is 44.3 Å². The average Bonchev–Trinajstić information content (AvgIpc) is 2.89. The van der Waals surface area contributed by atoms with Crippen molar-refractivity contribution in [1.82, 2.24) is 5.01 Å². The molecule has 0 aliphatic rings. The number of aryl methyl sites for hydroxylation is 1. The topological polar surface area (TPSA) is 141 Å². The van der Waals surface area contributed by atoms with Crippen molar-refractivity contribution in [1.29, 1.82) is 0 Å².